The monoisotopic (exact) mass is 419 g/mol. The summed E-state index contributed by atoms with van der Waals surface area (Å²) in [6.45, 7) is 2.11. The third-order valence-electron chi connectivity index (χ3n) is 4.49. The normalized spacial score (nSPS) is 10.7. The summed E-state index contributed by atoms with van der Waals surface area (Å²) in [5.41, 5.74) is 3.14. The van der Waals surface area contributed by atoms with E-state index >= 15 is 0 Å². The summed E-state index contributed by atoms with van der Waals surface area (Å²) in [5.74, 6) is 0.422. The highest BCUT2D eigenvalue weighted by atomic mass is 35.5. The van der Waals surface area contributed by atoms with Gasteiger partial charge in [0.2, 0.25) is 0 Å². The molecule has 2 heterocycles. The zero-order chi connectivity index (χ0) is 21.1. The largest absolute Gasteiger partial charge is 0.487 e. The molecule has 2 aromatic heterocycles. The first kappa shape index (κ1) is 19.7. The summed E-state index contributed by atoms with van der Waals surface area (Å²) in [5, 5.41) is 3.31. The van der Waals surface area contributed by atoms with Crippen LogP contribution in [0.1, 0.15) is 21.6 Å². The van der Waals surface area contributed by atoms with Gasteiger partial charge in [0.15, 0.2) is 0 Å². The molecule has 0 atom stereocenters. The molecule has 6 nitrogen and oxygen atoms in total. The van der Waals surface area contributed by atoms with Gasteiger partial charge < -0.3 is 10.1 Å². The maximum absolute atomic E-state index is 12.3. The Labute approximate surface area is 177 Å². The second-order valence-electron chi connectivity index (χ2n) is 6.79. The number of aryl methyl sites for hydroxylation is 1. The van der Waals surface area contributed by atoms with E-state index in [0.717, 1.165) is 5.56 Å². The first-order valence-corrected chi connectivity index (χ1v) is 9.64. The number of carbonyl (C=O) groups excluding carboxylic acids is 1. The van der Waals surface area contributed by atoms with Gasteiger partial charge in [-0.1, -0.05) is 29.3 Å². The molecular weight excluding hydrogens is 402 g/mol. The van der Waals surface area contributed by atoms with E-state index < -0.39 is 0 Å². The zero-order valence-corrected chi connectivity index (χ0v) is 16.9. The van der Waals surface area contributed by atoms with Gasteiger partial charge in [0, 0.05) is 23.5 Å². The topological polar surface area (TPSA) is 72.7 Å². The summed E-state index contributed by atoms with van der Waals surface area (Å²) in [4.78, 5) is 28.9. The van der Waals surface area contributed by atoms with Crippen LogP contribution in [0.5, 0.6) is 5.75 Å². The highest BCUT2D eigenvalue weighted by molar-refractivity contribution is 6.30. The standard InChI is InChI=1S/C23H18ClN3O3/c1-15-2-4-16(5-3-15)23(29)26-18-7-9-20(10-8-18)30-14-19-12-22(28)27-13-17(24)6-11-21(27)25-19/h2-13H,14H2,1H3,(H,26,29). The minimum Gasteiger partial charge on any atom is -0.487 e. The van der Waals surface area contributed by atoms with Gasteiger partial charge in [-0.15, -0.1) is 0 Å². The molecule has 0 aliphatic carbocycles. The molecule has 0 fully saturated rings. The van der Waals surface area contributed by atoms with Crippen LogP contribution < -0.4 is 15.6 Å². The summed E-state index contributed by atoms with van der Waals surface area (Å²) in [6, 6.07) is 19.1. The number of rotatable bonds is 5. The van der Waals surface area contributed by atoms with Crippen molar-refractivity contribution in [3.63, 3.8) is 0 Å². The minimum absolute atomic E-state index is 0.142. The van der Waals surface area contributed by atoms with Gasteiger partial charge in [-0.25, -0.2) is 4.98 Å². The Hall–Kier alpha value is -3.64. The number of amides is 1. The number of anilines is 1. The molecule has 1 N–H and O–H groups in total. The number of ether oxygens (including phenoxy) is 1. The summed E-state index contributed by atoms with van der Waals surface area (Å²) < 4.78 is 7.11. The SMILES string of the molecule is Cc1ccc(C(=O)Nc2ccc(OCc3cc(=O)n4cc(Cl)ccc4n3)cc2)cc1. The second kappa shape index (κ2) is 8.39. The Kier molecular flexibility index (Phi) is 5.50. The molecule has 4 rings (SSSR count). The molecule has 0 bridgehead atoms. The Morgan fingerprint density at radius 3 is 2.53 bits per heavy atom. The smallest absolute Gasteiger partial charge is 0.258 e. The van der Waals surface area contributed by atoms with Crippen molar-refractivity contribution in [2.75, 3.05) is 5.32 Å². The lowest BCUT2D eigenvalue weighted by atomic mass is 10.1. The van der Waals surface area contributed by atoms with E-state index in [9.17, 15) is 9.59 Å². The third kappa shape index (κ3) is 4.50. The number of carbonyl (C=O) groups is 1. The van der Waals surface area contributed by atoms with E-state index in [1.165, 1.54) is 16.7 Å². The van der Waals surface area contributed by atoms with Crippen LogP contribution in [0.15, 0.2) is 77.7 Å². The molecular formula is C23H18ClN3O3. The number of hydrogen-bond acceptors (Lipinski definition) is 4. The Bertz CT molecular complexity index is 1270. The molecule has 30 heavy (non-hydrogen) atoms. The fourth-order valence-electron chi connectivity index (χ4n) is 2.90. The Morgan fingerprint density at radius 2 is 1.80 bits per heavy atom. The number of fused-ring (bicyclic) bond motifs is 1. The van der Waals surface area contributed by atoms with E-state index in [-0.39, 0.29) is 18.1 Å². The first-order chi connectivity index (χ1) is 14.5. The van der Waals surface area contributed by atoms with Crippen LogP contribution in [0.4, 0.5) is 5.69 Å². The number of pyridine rings is 1. The molecule has 0 saturated carbocycles. The lowest BCUT2D eigenvalue weighted by Gasteiger charge is -2.09. The van der Waals surface area contributed by atoms with Gasteiger partial charge in [0.1, 0.15) is 18.0 Å². The van der Waals surface area contributed by atoms with Gasteiger partial charge in [0.05, 0.1) is 10.7 Å². The van der Waals surface area contributed by atoms with Crippen molar-refractivity contribution in [1.82, 2.24) is 9.38 Å². The molecule has 0 unspecified atom stereocenters. The van der Waals surface area contributed by atoms with E-state index in [2.05, 4.69) is 10.3 Å². The van der Waals surface area contributed by atoms with Crippen molar-refractivity contribution in [3.8, 4) is 5.75 Å². The molecule has 4 aromatic rings. The maximum Gasteiger partial charge on any atom is 0.258 e. The molecule has 0 radical (unpaired) electrons. The highest BCUT2D eigenvalue weighted by Gasteiger charge is 2.07. The van der Waals surface area contributed by atoms with E-state index in [1.807, 2.05) is 19.1 Å². The predicted octanol–water partition coefficient (Wildman–Crippen LogP) is 4.49. The quantitative estimate of drug-likeness (QED) is 0.517. The number of aromatic nitrogens is 2. The van der Waals surface area contributed by atoms with Crippen molar-refractivity contribution in [2.45, 2.75) is 13.5 Å². The fourth-order valence-corrected chi connectivity index (χ4v) is 3.06. The molecule has 2 aromatic carbocycles. The number of nitrogens with zero attached hydrogens (tertiary/aromatic N) is 2. The molecule has 0 aliphatic rings. The van der Waals surface area contributed by atoms with Crippen LogP contribution >= 0.6 is 11.6 Å². The van der Waals surface area contributed by atoms with Crippen LogP contribution in [0.3, 0.4) is 0 Å². The fraction of sp³-hybridized carbons (Fsp3) is 0.0870. The van der Waals surface area contributed by atoms with Crippen LogP contribution in [-0.4, -0.2) is 15.3 Å². The van der Waals surface area contributed by atoms with Crippen LogP contribution in [-0.2, 0) is 6.61 Å². The number of nitrogens with one attached hydrogen (secondary N) is 1. The average molecular weight is 420 g/mol. The molecule has 7 heteroatoms. The van der Waals surface area contributed by atoms with Gasteiger partial charge in [-0.2, -0.15) is 0 Å². The van der Waals surface area contributed by atoms with Crippen molar-refractivity contribution < 1.29 is 9.53 Å². The van der Waals surface area contributed by atoms with Gasteiger partial charge >= 0.3 is 0 Å². The number of hydrogen-bond donors (Lipinski definition) is 1. The van der Waals surface area contributed by atoms with Crippen LogP contribution in [0, 0.1) is 6.92 Å². The average Bonchev–Trinajstić information content (AvgIpc) is 2.74. The molecule has 0 spiro atoms. The lowest BCUT2D eigenvalue weighted by molar-refractivity contribution is 0.102. The summed E-state index contributed by atoms with van der Waals surface area (Å²) in [7, 11) is 0. The van der Waals surface area contributed by atoms with E-state index in [1.54, 1.807) is 48.5 Å². The number of halogens is 1. The minimum atomic E-state index is -0.227. The third-order valence-corrected chi connectivity index (χ3v) is 4.71. The lowest BCUT2D eigenvalue weighted by Crippen LogP contribution is -2.16. The second-order valence-corrected chi connectivity index (χ2v) is 7.23. The zero-order valence-electron chi connectivity index (χ0n) is 16.1. The molecule has 0 aliphatic heterocycles. The maximum atomic E-state index is 12.3. The van der Waals surface area contributed by atoms with Crippen molar-refractivity contribution >= 4 is 28.8 Å². The predicted molar refractivity (Wildman–Crippen MR) is 116 cm³/mol. The van der Waals surface area contributed by atoms with Crippen molar-refractivity contribution in [3.05, 3.63) is 105 Å². The van der Waals surface area contributed by atoms with Crippen LogP contribution in [0.2, 0.25) is 5.02 Å². The Morgan fingerprint density at radius 1 is 1.07 bits per heavy atom. The van der Waals surface area contributed by atoms with Gasteiger partial charge in [0.25, 0.3) is 11.5 Å². The van der Waals surface area contributed by atoms with Crippen LogP contribution in [0.25, 0.3) is 5.65 Å². The highest BCUT2D eigenvalue weighted by Crippen LogP contribution is 2.18. The summed E-state index contributed by atoms with van der Waals surface area (Å²) >= 11 is 5.92. The van der Waals surface area contributed by atoms with Gasteiger partial charge in [-0.3, -0.25) is 14.0 Å². The van der Waals surface area contributed by atoms with Crippen molar-refractivity contribution in [1.29, 1.82) is 0 Å². The van der Waals surface area contributed by atoms with E-state index in [0.29, 0.717) is 33.4 Å². The number of benzene rings is 2. The molecule has 1 amide bonds. The first-order valence-electron chi connectivity index (χ1n) is 9.27. The summed E-state index contributed by atoms with van der Waals surface area (Å²) in [6.07, 6.45) is 1.53. The van der Waals surface area contributed by atoms with E-state index in [4.69, 9.17) is 16.3 Å². The van der Waals surface area contributed by atoms with Crippen molar-refractivity contribution in [2.24, 2.45) is 0 Å². The molecule has 150 valence electrons. The van der Waals surface area contributed by atoms with Gasteiger partial charge in [-0.05, 0) is 55.5 Å². The molecule has 0 saturated heterocycles. The Balaban J connectivity index is 1.41.